The molecule has 1 aliphatic rings. The first kappa shape index (κ1) is 13.0. The normalized spacial score (nSPS) is 17.0. The predicted molar refractivity (Wildman–Crippen MR) is 70.4 cm³/mol. The first-order valence-corrected chi connectivity index (χ1v) is 5.98. The molecule has 0 aliphatic heterocycles. The van der Waals surface area contributed by atoms with E-state index >= 15 is 0 Å². The summed E-state index contributed by atoms with van der Waals surface area (Å²) >= 11 is 3.54. The SMILES string of the molecule is Cc1ccc([C@@H](N)CC2CC2)cc1Br.Cl. The van der Waals surface area contributed by atoms with E-state index in [2.05, 4.69) is 41.1 Å². The van der Waals surface area contributed by atoms with Gasteiger partial charge in [-0.25, -0.2) is 0 Å². The number of hydrogen-bond acceptors (Lipinski definition) is 1. The summed E-state index contributed by atoms with van der Waals surface area (Å²) in [7, 11) is 0. The zero-order valence-corrected chi connectivity index (χ0v) is 11.3. The van der Waals surface area contributed by atoms with E-state index in [0.29, 0.717) is 0 Å². The number of benzene rings is 1. The van der Waals surface area contributed by atoms with E-state index in [-0.39, 0.29) is 18.4 Å². The highest BCUT2D eigenvalue weighted by Crippen LogP contribution is 2.37. The van der Waals surface area contributed by atoms with Gasteiger partial charge in [-0.1, -0.05) is 40.9 Å². The molecule has 0 bridgehead atoms. The van der Waals surface area contributed by atoms with E-state index in [4.69, 9.17) is 5.73 Å². The molecular weight excluding hydrogens is 273 g/mol. The lowest BCUT2D eigenvalue weighted by molar-refractivity contribution is 0.596. The molecule has 3 heteroatoms. The Balaban J connectivity index is 0.00000112. The molecule has 1 fully saturated rings. The van der Waals surface area contributed by atoms with Crippen LogP contribution in [0.15, 0.2) is 22.7 Å². The third-order valence-corrected chi connectivity index (χ3v) is 3.76. The summed E-state index contributed by atoms with van der Waals surface area (Å²) in [5.41, 5.74) is 8.66. The highest BCUT2D eigenvalue weighted by molar-refractivity contribution is 9.10. The Morgan fingerprint density at radius 2 is 2.13 bits per heavy atom. The standard InChI is InChI=1S/C12H16BrN.ClH/c1-8-2-5-10(7-11(8)13)12(14)6-9-3-4-9;/h2,5,7,9,12H,3-4,6,14H2,1H3;1H/t12-;/m0./s1. The van der Waals surface area contributed by atoms with Gasteiger partial charge in [0.05, 0.1) is 0 Å². The van der Waals surface area contributed by atoms with Gasteiger partial charge in [-0.3, -0.25) is 0 Å². The Labute approximate surface area is 106 Å². The molecule has 1 atom stereocenters. The van der Waals surface area contributed by atoms with Gasteiger partial charge in [0.2, 0.25) is 0 Å². The van der Waals surface area contributed by atoms with Gasteiger partial charge in [-0.05, 0) is 36.5 Å². The van der Waals surface area contributed by atoms with Crippen LogP contribution in [-0.4, -0.2) is 0 Å². The lowest BCUT2D eigenvalue weighted by atomic mass is 10.0. The summed E-state index contributed by atoms with van der Waals surface area (Å²) in [6, 6.07) is 6.65. The number of halogens is 2. The molecule has 15 heavy (non-hydrogen) atoms. The predicted octanol–water partition coefficient (Wildman–Crippen LogP) is 3.98. The fourth-order valence-electron chi connectivity index (χ4n) is 1.69. The molecule has 0 spiro atoms. The van der Waals surface area contributed by atoms with E-state index in [1.54, 1.807) is 0 Å². The monoisotopic (exact) mass is 289 g/mol. The lowest BCUT2D eigenvalue weighted by Crippen LogP contribution is -2.10. The Morgan fingerprint density at radius 3 is 2.67 bits per heavy atom. The van der Waals surface area contributed by atoms with Crippen molar-refractivity contribution < 1.29 is 0 Å². The molecule has 0 unspecified atom stereocenters. The first-order chi connectivity index (χ1) is 6.66. The third-order valence-electron chi connectivity index (χ3n) is 2.91. The van der Waals surface area contributed by atoms with Gasteiger partial charge in [0.15, 0.2) is 0 Å². The number of hydrogen-bond donors (Lipinski definition) is 1. The van der Waals surface area contributed by atoms with Crippen LogP contribution >= 0.6 is 28.3 Å². The van der Waals surface area contributed by atoms with Crippen molar-refractivity contribution in [3.63, 3.8) is 0 Å². The van der Waals surface area contributed by atoms with Crippen molar-refractivity contribution in [3.05, 3.63) is 33.8 Å². The van der Waals surface area contributed by atoms with Gasteiger partial charge < -0.3 is 5.73 Å². The summed E-state index contributed by atoms with van der Waals surface area (Å²) in [4.78, 5) is 0. The maximum Gasteiger partial charge on any atom is 0.0297 e. The van der Waals surface area contributed by atoms with Crippen LogP contribution < -0.4 is 5.73 Å². The topological polar surface area (TPSA) is 26.0 Å². The minimum absolute atomic E-state index is 0. The molecule has 1 saturated carbocycles. The molecule has 1 aromatic rings. The first-order valence-electron chi connectivity index (χ1n) is 5.18. The summed E-state index contributed by atoms with van der Waals surface area (Å²) in [5.74, 6) is 0.894. The number of rotatable bonds is 3. The second-order valence-electron chi connectivity index (χ2n) is 4.29. The second kappa shape index (κ2) is 5.33. The lowest BCUT2D eigenvalue weighted by Gasteiger charge is -2.12. The van der Waals surface area contributed by atoms with Crippen LogP contribution in [-0.2, 0) is 0 Å². The van der Waals surface area contributed by atoms with Crippen LogP contribution in [0.4, 0.5) is 0 Å². The van der Waals surface area contributed by atoms with Crippen molar-refractivity contribution in [1.29, 1.82) is 0 Å². The molecule has 0 heterocycles. The number of aryl methyl sites for hydroxylation is 1. The van der Waals surface area contributed by atoms with Crippen molar-refractivity contribution in [1.82, 2.24) is 0 Å². The average molecular weight is 291 g/mol. The average Bonchev–Trinajstić information content (AvgIpc) is 2.93. The quantitative estimate of drug-likeness (QED) is 0.895. The van der Waals surface area contributed by atoms with Gasteiger partial charge >= 0.3 is 0 Å². The maximum atomic E-state index is 6.13. The van der Waals surface area contributed by atoms with Gasteiger partial charge in [0.1, 0.15) is 0 Å². The van der Waals surface area contributed by atoms with E-state index in [1.807, 2.05) is 0 Å². The van der Waals surface area contributed by atoms with Crippen molar-refractivity contribution in [2.24, 2.45) is 11.7 Å². The molecule has 84 valence electrons. The third kappa shape index (κ3) is 3.47. The molecule has 0 radical (unpaired) electrons. The second-order valence-corrected chi connectivity index (χ2v) is 5.15. The summed E-state index contributed by atoms with van der Waals surface area (Å²) in [6.07, 6.45) is 3.90. The van der Waals surface area contributed by atoms with E-state index in [0.717, 1.165) is 12.3 Å². The summed E-state index contributed by atoms with van der Waals surface area (Å²) < 4.78 is 1.17. The minimum Gasteiger partial charge on any atom is -0.324 e. The Bertz CT molecular complexity index is 336. The molecule has 0 saturated heterocycles. The highest BCUT2D eigenvalue weighted by atomic mass is 79.9. The fraction of sp³-hybridized carbons (Fsp3) is 0.500. The van der Waals surface area contributed by atoms with Crippen molar-refractivity contribution in [3.8, 4) is 0 Å². The largest absolute Gasteiger partial charge is 0.324 e. The van der Waals surface area contributed by atoms with Crippen molar-refractivity contribution in [2.75, 3.05) is 0 Å². The van der Waals surface area contributed by atoms with Crippen molar-refractivity contribution >= 4 is 28.3 Å². The van der Waals surface area contributed by atoms with Gasteiger partial charge in [0, 0.05) is 10.5 Å². The minimum atomic E-state index is 0. The van der Waals surface area contributed by atoms with Crippen molar-refractivity contribution in [2.45, 2.75) is 32.2 Å². The zero-order valence-electron chi connectivity index (χ0n) is 8.87. The molecule has 1 aromatic carbocycles. The van der Waals surface area contributed by atoms with Crippen LogP contribution in [0.5, 0.6) is 0 Å². The molecule has 1 nitrogen and oxygen atoms in total. The van der Waals surface area contributed by atoms with Gasteiger partial charge in [-0.15, -0.1) is 12.4 Å². The highest BCUT2D eigenvalue weighted by Gasteiger charge is 2.24. The molecular formula is C12H17BrClN. The van der Waals surface area contributed by atoms with Crippen LogP contribution in [0.3, 0.4) is 0 Å². The number of nitrogens with two attached hydrogens (primary N) is 1. The Hall–Kier alpha value is -0.0500. The van der Waals surface area contributed by atoms with Crippen LogP contribution in [0, 0.1) is 12.8 Å². The molecule has 1 aliphatic carbocycles. The Morgan fingerprint density at radius 1 is 1.47 bits per heavy atom. The van der Waals surface area contributed by atoms with Crippen LogP contribution in [0.1, 0.15) is 36.4 Å². The molecule has 2 rings (SSSR count). The summed E-state index contributed by atoms with van der Waals surface area (Å²) in [5, 5.41) is 0. The molecule has 0 aromatic heterocycles. The van der Waals surface area contributed by atoms with Gasteiger partial charge in [-0.2, -0.15) is 0 Å². The Kier molecular flexibility index (Phi) is 4.63. The smallest absolute Gasteiger partial charge is 0.0297 e. The van der Waals surface area contributed by atoms with Crippen LogP contribution in [0.2, 0.25) is 0 Å². The molecule has 0 amide bonds. The maximum absolute atomic E-state index is 6.13. The van der Waals surface area contributed by atoms with E-state index in [1.165, 1.54) is 28.4 Å². The van der Waals surface area contributed by atoms with Gasteiger partial charge in [0.25, 0.3) is 0 Å². The van der Waals surface area contributed by atoms with E-state index < -0.39 is 0 Å². The van der Waals surface area contributed by atoms with Crippen LogP contribution in [0.25, 0.3) is 0 Å². The zero-order chi connectivity index (χ0) is 10.1. The van der Waals surface area contributed by atoms with E-state index in [9.17, 15) is 0 Å². The fourth-order valence-corrected chi connectivity index (χ4v) is 2.08. The summed E-state index contributed by atoms with van der Waals surface area (Å²) in [6.45, 7) is 2.10. The molecule has 2 N–H and O–H groups in total.